The van der Waals surface area contributed by atoms with Gasteiger partial charge in [0.1, 0.15) is 11.6 Å². The van der Waals surface area contributed by atoms with Gasteiger partial charge in [-0.05, 0) is 23.6 Å². The minimum atomic E-state index is -0.254. The summed E-state index contributed by atoms with van der Waals surface area (Å²) in [5, 5.41) is 15.8. The van der Waals surface area contributed by atoms with Crippen molar-refractivity contribution in [3.05, 3.63) is 57.5 Å². The molecule has 3 rings (SSSR count). The van der Waals surface area contributed by atoms with E-state index < -0.39 is 0 Å². The molecule has 2 aromatic heterocycles. The van der Waals surface area contributed by atoms with Gasteiger partial charge in [0.2, 0.25) is 0 Å². The van der Waals surface area contributed by atoms with Crippen LogP contribution in [0.1, 0.15) is 41.3 Å². The third-order valence-electron chi connectivity index (χ3n) is 4.07. The summed E-state index contributed by atoms with van der Waals surface area (Å²) in [5.41, 5.74) is 2.91. The molecule has 7 heteroatoms. The van der Waals surface area contributed by atoms with Crippen LogP contribution in [0.25, 0.3) is 16.9 Å². The van der Waals surface area contributed by atoms with Gasteiger partial charge in [0, 0.05) is 18.2 Å². The maximum atomic E-state index is 12.8. The highest BCUT2D eigenvalue weighted by Gasteiger charge is 2.19. The summed E-state index contributed by atoms with van der Waals surface area (Å²) in [6, 6.07) is 8.98. The van der Waals surface area contributed by atoms with Gasteiger partial charge in [0.15, 0.2) is 5.65 Å². The Labute approximate surface area is 143 Å². The number of H-pyrrole nitrogens is 1. The van der Waals surface area contributed by atoms with Crippen LogP contribution in [-0.4, -0.2) is 27.6 Å². The summed E-state index contributed by atoms with van der Waals surface area (Å²) < 4.78 is 1.22. The predicted molar refractivity (Wildman–Crippen MR) is 93.4 cm³/mol. The Morgan fingerprint density at radius 2 is 2.00 bits per heavy atom. The van der Waals surface area contributed by atoms with Gasteiger partial charge in [0.05, 0.1) is 11.9 Å². The SMILES string of the molecule is CNC(=O)c1ccc(-c2[nH]c3c(C#N)cnn3c(=O)c2C(C)C)cc1. The number of amides is 1. The Balaban J connectivity index is 2.27. The maximum absolute atomic E-state index is 12.8. The molecular formula is C18H17N5O2. The number of fused-ring (bicyclic) bond motifs is 1. The van der Waals surface area contributed by atoms with Crippen molar-refractivity contribution >= 4 is 11.6 Å². The molecule has 0 spiro atoms. The van der Waals surface area contributed by atoms with E-state index in [0.717, 1.165) is 5.56 Å². The molecule has 0 bridgehead atoms. The quantitative estimate of drug-likeness (QED) is 0.764. The van der Waals surface area contributed by atoms with Crippen LogP contribution in [0, 0.1) is 11.3 Å². The van der Waals surface area contributed by atoms with Crippen LogP contribution < -0.4 is 10.9 Å². The number of rotatable bonds is 3. The molecule has 1 aromatic carbocycles. The van der Waals surface area contributed by atoms with Crippen LogP contribution in [0.2, 0.25) is 0 Å². The smallest absolute Gasteiger partial charge is 0.278 e. The summed E-state index contributed by atoms with van der Waals surface area (Å²) in [7, 11) is 1.57. The van der Waals surface area contributed by atoms with Crippen molar-refractivity contribution < 1.29 is 4.79 Å². The first-order chi connectivity index (χ1) is 12.0. The number of aromatic nitrogens is 3. The number of carbonyl (C=O) groups is 1. The lowest BCUT2D eigenvalue weighted by Crippen LogP contribution is -2.22. The van der Waals surface area contributed by atoms with Crippen molar-refractivity contribution in [3.8, 4) is 17.3 Å². The number of nitrogens with one attached hydrogen (secondary N) is 2. The molecule has 0 saturated heterocycles. The third-order valence-corrected chi connectivity index (χ3v) is 4.07. The number of hydrogen-bond donors (Lipinski definition) is 2. The first-order valence-electron chi connectivity index (χ1n) is 7.84. The maximum Gasteiger partial charge on any atom is 0.278 e. The van der Waals surface area contributed by atoms with Crippen molar-refractivity contribution in [1.82, 2.24) is 19.9 Å². The zero-order valence-corrected chi connectivity index (χ0v) is 14.1. The average molecular weight is 335 g/mol. The standard InChI is InChI=1S/C18H17N5O2/c1-10(2)14-15(11-4-6-12(7-5-11)17(24)20-3)22-16-13(8-19)9-21-23(16)18(14)25/h4-7,9-10,22H,1-3H3,(H,20,24). The first kappa shape index (κ1) is 16.5. The topological polar surface area (TPSA) is 103 Å². The Bertz CT molecular complexity index is 1050. The van der Waals surface area contributed by atoms with E-state index in [2.05, 4.69) is 15.4 Å². The van der Waals surface area contributed by atoms with Crippen molar-refractivity contribution in [2.24, 2.45) is 0 Å². The molecule has 25 heavy (non-hydrogen) atoms. The molecule has 0 saturated carbocycles. The summed E-state index contributed by atoms with van der Waals surface area (Å²) in [5.74, 6) is -0.223. The van der Waals surface area contributed by atoms with Gasteiger partial charge in [-0.1, -0.05) is 26.0 Å². The lowest BCUT2D eigenvalue weighted by Gasteiger charge is -2.13. The number of nitrogens with zero attached hydrogens (tertiary/aromatic N) is 3. The minimum absolute atomic E-state index is 0.0449. The summed E-state index contributed by atoms with van der Waals surface area (Å²) in [4.78, 5) is 27.7. The van der Waals surface area contributed by atoms with Crippen LogP contribution in [0.3, 0.4) is 0 Å². The zero-order valence-electron chi connectivity index (χ0n) is 14.1. The van der Waals surface area contributed by atoms with Crippen LogP contribution in [0.4, 0.5) is 0 Å². The molecule has 0 unspecified atom stereocenters. The van der Waals surface area contributed by atoms with Crippen molar-refractivity contribution in [3.63, 3.8) is 0 Å². The molecule has 0 fully saturated rings. The molecule has 7 nitrogen and oxygen atoms in total. The molecule has 2 heterocycles. The van der Waals surface area contributed by atoms with Gasteiger partial charge in [-0.25, -0.2) is 0 Å². The Hall–Kier alpha value is -3.40. The van der Waals surface area contributed by atoms with E-state index in [1.165, 1.54) is 10.7 Å². The predicted octanol–water partition coefficient (Wildman–Crippen LogP) is 2.04. The second-order valence-electron chi connectivity index (χ2n) is 5.96. The van der Waals surface area contributed by atoms with Crippen molar-refractivity contribution in [2.45, 2.75) is 19.8 Å². The fraction of sp³-hybridized carbons (Fsp3) is 0.222. The molecule has 3 aromatic rings. The third kappa shape index (κ3) is 2.68. The van der Waals surface area contributed by atoms with Gasteiger partial charge in [-0.15, -0.1) is 0 Å². The van der Waals surface area contributed by atoms with Gasteiger partial charge in [-0.3, -0.25) is 9.59 Å². The highest BCUT2D eigenvalue weighted by Crippen LogP contribution is 2.26. The van der Waals surface area contributed by atoms with Crippen LogP contribution >= 0.6 is 0 Å². The van der Waals surface area contributed by atoms with E-state index in [1.54, 1.807) is 31.3 Å². The Morgan fingerprint density at radius 1 is 1.32 bits per heavy atom. The zero-order chi connectivity index (χ0) is 18.1. The highest BCUT2D eigenvalue weighted by atomic mass is 16.1. The minimum Gasteiger partial charge on any atom is -0.355 e. The second-order valence-corrected chi connectivity index (χ2v) is 5.96. The number of carbonyl (C=O) groups excluding carboxylic acids is 1. The number of benzene rings is 1. The van der Waals surface area contributed by atoms with Crippen LogP contribution in [0.15, 0.2) is 35.3 Å². The molecule has 2 N–H and O–H groups in total. The summed E-state index contributed by atoms with van der Waals surface area (Å²) in [6.07, 6.45) is 1.37. The van der Waals surface area contributed by atoms with Crippen molar-refractivity contribution in [2.75, 3.05) is 7.05 Å². The fourth-order valence-corrected chi connectivity index (χ4v) is 2.81. The lowest BCUT2D eigenvalue weighted by atomic mass is 9.97. The van der Waals surface area contributed by atoms with E-state index >= 15 is 0 Å². The molecule has 0 aliphatic carbocycles. The van der Waals surface area contributed by atoms with Gasteiger partial charge in [-0.2, -0.15) is 14.9 Å². The largest absolute Gasteiger partial charge is 0.355 e. The van der Waals surface area contributed by atoms with Crippen molar-refractivity contribution in [1.29, 1.82) is 5.26 Å². The van der Waals surface area contributed by atoms with E-state index in [1.807, 2.05) is 19.9 Å². The van der Waals surface area contributed by atoms with E-state index in [-0.39, 0.29) is 17.4 Å². The Morgan fingerprint density at radius 3 is 2.56 bits per heavy atom. The van der Waals surface area contributed by atoms with Gasteiger partial charge < -0.3 is 10.3 Å². The molecule has 1 amide bonds. The van der Waals surface area contributed by atoms with E-state index in [9.17, 15) is 14.9 Å². The van der Waals surface area contributed by atoms with Gasteiger partial charge >= 0.3 is 0 Å². The highest BCUT2D eigenvalue weighted by molar-refractivity contribution is 5.94. The Kier molecular flexibility index (Phi) is 4.11. The number of nitriles is 1. The molecule has 0 aliphatic heterocycles. The first-order valence-corrected chi connectivity index (χ1v) is 7.84. The molecule has 0 radical (unpaired) electrons. The lowest BCUT2D eigenvalue weighted by molar-refractivity contribution is 0.0963. The molecule has 0 aliphatic rings. The van der Waals surface area contributed by atoms with E-state index in [0.29, 0.717) is 28.0 Å². The monoisotopic (exact) mass is 335 g/mol. The second kappa shape index (κ2) is 6.24. The summed E-state index contributed by atoms with van der Waals surface area (Å²) in [6.45, 7) is 3.85. The molecule has 126 valence electrons. The van der Waals surface area contributed by atoms with Crippen LogP contribution in [-0.2, 0) is 0 Å². The molecule has 0 atom stereocenters. The normalized spacial score (nSPS) is 10.8. The molecular weight excluding hydrogens is 318 g/mol. The van der Waals surface area contributed by atoms with Crippen LogP contribution in [0.5, 0.6) is 0 Å². The average Bonchev–Trinajstić information content (AvgIpc) is 3.04. The van der Waals surface area contributed by atoms with Gasteiger partial charge in [0.25, 0.3) is 11.5 Å². The fourth-order valence-electron chi connectivity index (χ4n) is 2.81. The number of hydrogen-bond acceptors (Lipinski definition) is 4. The van der Waals surface area contributed by atoms with E-state index in [4.69, 9.17) is 0 Å². The summed E-state index contributed by atoms with van der Waals surface area (Å²) >= 11 is 0. The number of aromatic amines is 1.